The molecule has 0 bridgehead atoms. The number of benzene rings is 1. The minimum Gasteiger partial charge on any atom is -0.374 e. The van der Waals surface area contributed by atoms with Crippen molar-refractivity contribution in [2.75, 3.05) is 13.2 Å². The van der Waals surface area contributed by atoms with Gasteiger partial charge in [0.25, 0.3) is 0 Å². The van der Waals surface area contributed by atoms with Crippen LogP contribution in [0.1, 0.15) is 17.3 Å². The Labute approximate surface area is 94.1 Å². The van der Waals surface area contributed by atoms with Crippen LogP contribution in [0.25, 0.3) is 10.8 Å². The van der Waals surface area contributed by atoms with Crippen LogP contribution in [-0.4, -0.2) is 24.0 Å². The average molecular weight is 215 g/mol. The van der Waals surface area contributed by atoms with Crippen LogP contribution in [0.4, 0.5) is 0 Å². The molecule has 0 aliphatic heterocycles. The zero-order chi connectivity index (χ0) is 11.4. The SMILES string of the molecule is CCOCC(=O)c1cccc2ccncc12. The summed E-state index contributed by atoms with van der Waals surface area (Å²) >= 11 is 0. The second kappa shape index (κ2) is 4.86. The van der Waals surface area contributed by atoms with Crippen molar-refractivity contribution < 1.29 is 9.53 Å². The van der Waals surface area contributed by atoms with E-state index in [1.807, 2.05) is 31.2 Å². The first kappa shape index (κ1) is 10.8. The summed E-state index contributed by atoms with van der Waals surface area (Å²) in [6.07, 6.45) is 3.44. The Kier molecular flexibility index (Phi) is 3.27. The fourth-order valence-electron chi connectivity index (χ4n) is 1.63. The molecule has 0 unspecified atom stereocenters. The van der Waals surface area contributed by atoms with E-state index in [9.17, 15) is 4.79 Å². The molecule has 2 aromatic rings. The van der Waals surface area contributed by atoms with Gasteiger partial charge < -0.3 is 4.74 Å². The molecular weight excluding hydrogens is 202 g/mol. The van der Waals surface area contributed by atoms with Gasteiger partial charge in [-0.1, -0.05) is 18.2 Å². The van der Waals surface area contributed by atoms with E-state index in [-0.39, 0.29) is 12.4 Å². The monoisotopic (exact) mass is 215 g/mol. The van der Waals surface area contributed by atoms with E-state index in [1.54, 1.807) is 12.4 Å². The van der Waals surface area contributed by atoms with Gasteiger partial charge >= 0.3 is 0 Å². The summed E-state index contributed by atoms with van der Waals surface area (Å²) < 4.78 is 5.13. The molecule has 16 heavy (non-hydrogen) atoms. The lowest BCUT2D eigenvalue weighted by molar-refractivity contribution is 0.0785. The molecule has 0 atom stereocenters. The maximum absolute atomic E-state index is 11.9. The standard InChI is InChI=1S/C13H13NO2/c1-2-16-9-13(15)11-5-3-4-10-6-7-14-8-12(10)11/h3-8H,2,9H2,1H3. The van der Waals surface area contributed by atoms with Gasteiger partial charge in [-0.05, 0) is 18.4 Å². The number of carbonyl (C=O) groups is 1. The highest BCUT2D eigenvalue weighted by Crippen LogP contribution is 2.17. The summed E-state index contributed by atoms with van der Waals surface area (Å²) in [7, 11) is 0. The van der Waals surface area contributed by atoms with Gasteiger partial charge in [-0.3, -0.25) is 9.78 Å². The van der Waals surface area contributed by atoms with E-state index in [0.717, 1.165) is 10.8 Å². The zero-order valence-corrected chi connectivity index (χ0v) is 9.14. The Morgan fingerprint density at radius 2 is 2.25 bits per heavy atom. The van der Waals surface area contributed by atoms with Gasteiger partial charge in [-0.15, -0.1) is 0 Å². The molecule has 1 aromatic carbocycles. The first-order valence-electron chi connectivity index (χ1n) is 5.26. The van der Waals surface area contributed by atoms with Crippen molar-refractivity contribution in [2.24, 2.45) is 0 Å². The van der Waals surface area contributed by atoms with Crippen molar-refractivity contribution in [2.45, 2.75) is 6.92 Å². The van der Waals surface area contributed by atoms with Crippen LogP contribution < -0.4 is 0 Å². The van der Waals surface area contributed by atoms with Crippen molar-refractivity contribution >= 4 is 16.6 Å². The molecule has 82 valence electrons. The Balaban J connectivity index is 2.40. The molecule has 2 rings (SSSR count). The van der Waals surface area contributed by atoms with Crippen molar-refractivity contribution in [1.29, 1.82) is 0 Å². The highest BCUT2D eigenvalue weighted by atomic mass is 16.5. The number of carbonyl (C=O) groups excluding carboxylic acids is 1. The van der Waals surface area contributed by atoms with Crippen LogP contribution in [0.15, 0.2) is 36.7 Å². The Morgan fingerprint density at radius 3 is 3.06 bits per heavy atom. The number of fused-ring (bicyclic) bond motifs is 1. The van der Waals surface area contributed by atoms with Crippen molar-refractivity contribution in [1.82, 2.24) is 4.98 Å². The molecule has 0 N–H and O–H groups in total. The van der Waals surface area contributed by atoms with Crippen LogP contribution in [-0.2, 0) is 4.74 Å². The molecule has 1 heterocycles. The molecule has 0 aliphatic rings. The Bertz CT molecular complexity index is 503. The predicted octanol–water partition coefficient (Wildman–Crippen LogP) is 2.45. The maximum atomic E-state index is 11.9. The van der Waals surface area contributed by atoms with Crippen molar-refractivity contribution in [3.05, 3.63) is 42.2 Å². The largest absolute Gasteiger partial charge is 0.374 e. The number of ether oxygens (including phenoxy) is 1. The summed E-state index contributed by atoms with van der Waals surface area (Å²) in [5.41, 5.74) is 0.680. The molecule has 0 fully saturated rings. The molecule has 0 amide bonds. The fourth-order valence-corrected chi connectivity index (χ4v) is 1.63. The van der Waals surface area contributed by atoms with Gasteiger partial charge in [0.2, 0.25) is 0 Å². The van der Waals surface area contributed by atoms with Crippen LogP contribution >= 0.6 is 0 Å². The Hall–Kier alpha value is -1.74. The van der Waals surface area contributed by atoms with Crippen molar-refractivity contribution in [3.8, 4) is 0 Å². The number of rotatable bonds is 4. The lowest BCUT2D eigenvalue weighted by atomic mass is 10.0. The molecule has 1 aromatic heterocycles. The molecule has 0 aliphatic carbocycles. The normalized spacial score (nSPS) is 10.6. The fraction of sp³-hybridized carbons (Fsp3) is 0.231. The van der Waals surface area contributed by atoms with Gasteiger partial charge in [0.15, 0.2) is 5.78 Å². The number of Topliss-reactive ketones (excluding diaryl/α,β-unsaturated/α-hetero) is 1. The summed E-state index contributed by atoms with van der Waals surface area (Å²) in [6.45, 7) is 2.55. The third-order valence-electron chi connectivity index (χ3n) is 2.42. The van der Waals surface area contributed by atoms with E-state index in [2.05, 4.69) is 4.98 Å². The molecule has 0 saturated carbocycles. The third-order valence-corrected chi connectivity index (χ3v) is 2.42. The first-order valence-corrected chi connectivity index (χ1v) is 5.26. The molecule has 3 heteroatoms. The van der Waals surface area contributed by atoms with Gasteiger partial charge in [-0.2, -0.15) is 0 Å². The summed E-state index contributed by atoms with van der Waals surface area (Å²) in [4.78, 5) is 15.9. The minimum absolute atomic E-state index is 0.000417. The summed E-state index contributed by atoms with van der Waals surface area (Å²) in [5, 5.41) is 1.91. The number of ketones is 1. The second-order valence-electron chi connectivity index (χ2n) is 3.46. The number of nitrogens with zero attached hydrogens (tertiary/aromatic N) is 1. The minimum atomic E-state index is 0.000417. The lowest BCUT2D eigenvalue weighted by Gasteiger charge is -2.05. The van der Waals surface area contributed by atoms with Crippen LogP contribution in [0.2, 0.25) is 0 Å². The van der Waals surface area contributed by atoms with Crippen LogP contribution in [0.5, 0.6) is 0 Å². The van der Waals surface area contributed by atoms with E-state index >= 15 is 0 Å². The summed E-state index contributed by atoms with van der Waals surface area (Å²) in [5.74, 6) is 0.000417. The molecule has 0 radical (unpaired) electrons. The number of pyridine rings is 1. The van der Waals surface area contributed by atoms with E-state index in [0.29, 0.717) is 12.2 Å². The maximum Gasteiger partial charge on any atom is 0.189 e. The summed E-state index contributed by atoms with van der Waals surface area (Å²) in [6, 6.07) is 7.55. The second-order valence-corrected chi connectivity index (χ2v) is 3.46. The topological polar surface area (TPSA) is 39.2 Å². The number of hydrogen-bond acceptors (Lipinski definition) is 3. The predicted molar refractivity (Wildman–Crippen MR) is 62.6 cm³/mol. The molecular formula is C13H13NO2. The van der Waals surface area contributed by atoms with Crippen LogP contribution in [0.3, 0.4) is 0 Å². The lowest BCUT2D eigenvalue weighted by Crippen LogP contribution is -2.09. The Morgan fingerprint density at radius 1 is 1.38 bits per heavy atom. The van der Waals surface area contributed by atoms with Gasteiger partial charge in [0.05, 0.1) is 0 Å². The van der Waals surface area contributed by atoms with Gasteiger partial charge in [0, 0.05) is 30.0 Å². The smallest absolute Gasteiger partial charge is 0.189 e. The first-order chi connectivity index (χ1) is 7.83. The zero-order valence-electron chi connectivity index (χ0n) is 9.14. The van der Waals surface area contributed by atoms with Gasteiger partial charge in [-0.25, -0.2) is 0 Å². The molecule has 3 nitrogen and oxygen atoms in total. The average Bonchev–Trinajstić information content (AvgIpc) is 2.35. The van der Waals surface area contributed by atoms with E-state index in [1.165, 1.54) is 0 Å². The highest BCUT2D eigenvalue weighted by Gasteiger charge is 2.09. The van der Waals surface area contributed by atoms with Gasteiger partial charge in [0.1, 0.15) is 6.61 Å². The third kappa shape index (κ3) is 2.09. The van der Waals surface area contributed by atoms with E-state index in [4.69, 9.17) is 4.74 Å². The quantitative estimate of drug-likeness (QED) is 0.735. The molecule has 0 saturated heterocycles. The number of hydrogen-bond donors (Lipinski definition) is 0. The van der Waals surface area contributed by atoms with Crippen LogP contribution in [0, 0.1) is 0 Å². The highest BCUT2D eigenvalue weighted by molar-refractivity contribution is 6.08. The van der Waals surface area contributed by atoms with E-state index < -0.39 is 0 Å². The van der Waals surface area contributed by atoms with Crippen molar-refractivity contribution in [3.63, 3.8) is 0 Å². The number of aromatic nitrogens is 1. The molecule has 0 spiro atoms.